The van der Waals surface area contributed by atoms with Gasteiger partial charge in [-0.1, -0.05) is 12.1 Å². The number of nitrogens with zero attached hydrogens (tertiary/aromatic N) is 1. The second-order valence-corrected chi connectivity index (χ2v) is 6.57. The molecule has 0 spiro atoms. The highest BCUT2D eigenvalue weighted by Gasteiger charge is 2.27. The smallest absolute Gasteiger partial charge is 0.326 e. The van der Waals surface area contributed by atoms with E-state index in [4.69, 9.17) is 17.2 Å². The summed E-state index contributed by atoms with van der Waals surface area (Å²) >= 11 is 0. The number of phenolic OH excluding ortho intramolecular Hbond substituents is 1. The molecule has 0 aromatic heterocycles. The van der Waals surface area contributed by atoms with Crippen LogP contribution < -0.4 is 27.8 Å². The standard InChI is InChI=1S/C18H28N6O6/c19-12(2-1-7-22-18(20)21)15(27)24-14(9-25)16(28)23-13(17(29)30)8-10-3-5-11(26)6-4-10/h3-6,12-14,25-26H,1-2,7-9,19H2,(H,23,28)(H,24,27)(H,29,30)(H4,20,21,22)/t12-,13-,14-/m0/s1. The largest absolute Gasteiger partial charge is 0.508 e. The van der Waals surface area contributed by atoms with E-state index >= 15 is 0 Å². The number of hydrogen-bond acceptors (Lipinski definition) is 7. The molecule has 1 aromatic rings. The normalized spacial score (nSPS) is 13.5. The van der Waals surface area contributed by atoms with Crippen LogP contribution in [0.15, 0.2) is 29.3 Å². The van der Waals surface area contributed by atoms with Gasteiger partial charge in [-0.25, -0.2) is 4.79 Å². The Morgan fingerprint density at radius 1 is 1.03 bits per heavy atom. The number of amides is 2. The molecule has 11 N–H and O–H groups in total. The van der Waals surface area contributed by atoms with Gasteiger partial charge >= 0.3 is 5.97 Å². The van der Waals surface area contributed by atoms with Crippen molar-refractivity contribution in [1.82, 2.24) is 10.6 Å². The Hall–Kier alpha value is -3.38. The summed E-state index contributed by atoms with van der Waals surface area (Å²) in [6, 6.07) is 2.18. The molecule has 166 valence electrons. The quantitative estimate of drug-likeness (QED) is 0.0995. The molecule has 0 aliphatic rings. The summed E-state index contributed by atoms with van der Waals surface area (Å²) in [7, 11) is 0. The van der Waals surface area contributed by atoms with Crippen molar-refractivity contribution in [3.63, 3.8) is 0 Å². The lowest BCUT2D eigenvalue weighted by Gasteiger charge is -2.21. The number of aliphatic hydroxyl groups excluding tert-OH is 1. The van der Waals surface area contributed by atoms with E-state index in [1.54, 1.807) is 0 Å². The van der Waals surface area contributed by atoms with E-state index in [1.807, 2.05) is 0 Å². The molecular weight excluding hydrogens is 396 g/mol. The van der Waals surface area contributed by atoms with Crippen LogP contribution in [0, 0.1) is 0 Å². The number of aliphatic carboxylic acids is 1. The number of carbonyl (C=O) groups excluding carboxylic acids is 2. The second-order valence-electron chi connectivity index (χ2n) is 6.57. The van der Waals surface area contributed by atoms with Crippen LogP contribution in [0.1, 0.15) is 18.4 Å². The SMILES string of the molecule is NC(N)=NCCC[C@H](N)C(=O)N[C@@H](CO)C(=O)N[C@@H](Cc1ccc(O)cc1)C(=O)O. The number of carboxylic acids is 1. The molecule has 0 fully saturated rings. The van der Waals surface area contributed by atoms with E-state index in [1.165, 1.54) is 24.3 Å². The summed E-state index contributed by atoms with van der Waals surface area (Å²) < 4.78 is 0. The molecule has 30 heavy (non-hydrogen) atoms. The van der Waals surface area contributed by atoms with Gasteiger partial charge in [-0.15, -0.1) is 0 Å². The van der Waals surface area contributed by atoms with E-state index in [2.05, 4.69) is 15.6 Å². The fraction of sp³-hybridized carbons (Fsp3) is 0.444. The molecule has 0 radical (unpaired) electrons. The topological polar surface area (TPSA) is 226 Å². The highest BCUT2D eigenvalue weighted by Crippen LogP contribution is 2.11. The molecule has 1 aromatic carbocycles. The third-order valence-corrected chi connectivity index (χ3v) is 4.11. The average molecular weight is 424 g/mol. The number of carboxylic acid groups (broad SMARTS) is 1. The molecule has 1 rings (SSSR count). The van der Waals surface area contributed by atoms with Gasteiger partial charge in [-0.2, -0.15) is 0 Å². The Balaban J connectivity index is 2.63. The molecule has 0 aliphatic heterocycles. The van der Waals surface area contributed by atoms with Gasteiger partial charge in [-0.3, -0.25) is 14.6 Å². The van der Waals surface area contributed by atoms with Crippen LogP contribution in [0.2, 0.25) is 0 Å². The number of guanidine groups is 1. The maximum Gasteiger partial charge on any atom is 0.326 e. The third kappa shape index (κ3) is 8.75. The van der Waals surface area contributed by atoms with Crippen LogP contribution in [0.4, 0.5) is 0 Å². The summed E-state index contributed by atoms with van der Waals surface area (Å²) in [6.45, 7) is -0.464. The summed E-state index contributed by atoms with van der Waals surface area (Å²) in [4.78, 5) is 39.7. The molecule has 2 amide bonds. The zero-order chi connectivity index (χ0) is 22.7. The Labute approximate surface area is 173 Å². The number of benzene rings is 1. The fourth-order valence-corrected chi connectivity index (χ4v) is 2.46. The Bertz CT molecular complexity index is 750. The molecule has 0 saturated heterocycles. The van der Waals surface area contributed by atoms with Crippen LogP contribution in [0.3, 0.4) is 0 Å². The van der Waals surface area contributed by atoms with Crippen molar-refractivity contribution in [3.8, 4) is 5.75 Å². The van der Waals surface area contributed by atoms with E-state index in [0.29, 0.717) is 12.0 Å². The van der Waals surface area contributed by atoms with Crippen LogP contribution >= 0.6 is 0 Å². The molecule has 3 atom stereocenters. The maximum absolute atomic E-state index is 12.4. The zero-order valence-corrected chi connectivity index (χ0v) is 16.3. The van der Waals surface area contributed by atoms with E-state index in [0.717, 1.165) is 0 Å². The van der Waals surface area contributed by atoms with Gasteiger partial charge in [0.2, 0.25) is 11.8 Å². The van der Waals surface area contributed by atoms with E-state index in [-0.39, 0.29) is 31.1 Å². The number of nitrogens with one attached hydrogen (secondary N) is 2. The van der Waals surface area contributed by atoms with Crippen LogP contribution in [0.5, 0.6) is 5.75 Å². The number of aliphatic hydroxyl groups is 1. The molecule has 0 aliphatic carbocycles. The summed E-state index contributed by atoms with van der Waals surface area (Å²) in [5, 5.41) is 32.7. The van der Waals surface area contributed by atoms with Crippen LogP contribution in [-0.4, -0.2) is 70.3 Å². The number of carbonyl (C=O) groups is 3. The number of aromatic hydroxyl groups is 1. The van der Waals surface area contributed by atoms with E-state index < -0.39 is 42.5 Å². The number of hydrogen-bond donors (Lipinski definition) is 8. The highest BCUT2D eigenvalue weighted by molar-refractivity contribution is 5.91. The first-order valence-electron chi connectivity index (χ1n) is 9.17. The number of rotatable bonds is 12. The second kappa shape index (κ2) is 12.2. The minimum atomic E-state index is -1.37. The number of phenols is 1. The molecular formula is C18H28N6O6. The molecule has 0 unspecified atom stereocenters. The minimum Gasteiger partial charge on any atom is -0.508 e. The summed E-state index contributed by atoms with van der Waals surface area (Å²) in [5.74, 6) is -2.91. The average Bonchev–Trinajstić information content (AvgIpc) is 2.69. The van der Waals surface area contributed by atoms with Crippen molar-refractivity contribution in [2.24, 2.45) is 22.2 Å². The molecule has 0 heterocycles. The maximum atomic E-state index is 12.4. The van der Waals surface area contributed by atoms with Gasteiger partial charge in [0, 0.05) is 13.0 Å². The lowest BCUT2D eigenvalue weighted by atomic mass is 10.1. The Kier molecular flexibility index (Phi) is 10.1. The molecule has 0 saturated carbocycles. The lowest BCUT2D eigenvalue weighted by molar-refractivity contribution is -0.142. The van der Waals surface area contributed by atoms with E-state index in [9.17, 15) is 29.7 Å². The first kappa shape index (κ1) is 24.7. The highest BCUT2D eigenvalue weighted by atomic mass is 16.4. The van der Waals surface area contributed by atoms with Gasteiger partial charge in [0.05, 0.1) is 12.6 Å². The van der Waals surface area contributed by atoms with Crippen molar-refractivity contribution in [3.05, 3.63) is 29.8 Å². The van der Waals surface area contributed by atoms with Crippen LogP contribution in [-0.2, 0) is 20.8 Å². The Morgan fingerprint density at radius 3 is 2.17 bits per heavy atom. The lowest BCUT2D eigenvalue weighted by Crippen LogP contribution is -2.56. The van der Waals surface area contributed by atoms with Crippen molar-refractivity contribution in [2.75, 3.05) is 13.2 Å². The summed E-state index contributed by atoms with van der Waals surface area (Å²) in [6.07, 6.45) is 0.606. The van der Waals surface area contributed by atoms with Gasteiger partial charge in [-0.05, 0) is 30.5 Å². The minimum absolute atomic E-state index is 0.0207. The van der Waals surface area contributed by atoms with Gasteiger partial charge < -0.3 is 43.2 Å². The first-order valence-corrected chi connectivity index (χ1v) is 9.17. The van der Waals surface area contributed by atoms with Crippen molar-refractivity contribution >= 4 is 23.7 Å². The van der Waals surface area contributed by atoms with Crippen molar-refractivity contribution < 1.29 is 29.7 Å². The molecule has 0 bridgehead atoms. The first-order chi connectivity index (χ1) is 14.1. The fourth-order valence-electron chi connectivity index (χ4n) is 2.46. The zero-order valence-electron chi connectivity index (χ0n) is 16.3. The summed E-state index contributed by atoms with van der Waals surface area (Å²) in [5.41, 5.74) is 16.7. The molecule has 12 nitrogen and oxygen atoms in total. The van der Waals surface area contributed by atoms with Gasteiger partial charge in [0.1, 0.15) is 17.8 Å². The van der Waals surface area contributed by atoms with Crippen molar-refractivity contribution in [1.29, 1.82) is 0 Å². The van der Waals surface area contributed by atoms with Crippen LogP contribution in [0.25, 0.3) is 0 Å². The molecule has 12 heteroatoms. The van der Waals surface area contributed by atoms with Crippen molar-refractivity contribution in [2.45, 2.75) is 37.4 Å². The number of nitrogens with two attached hydrogens (primary N) is 3. The third-order valence-electron chi connectivity index (χ3n) is 4.11. The number of aliphatic imine (C=N–C) groups is 1. The predicted molar refractivity (Wildman–Crippen MR) is 108 cm³/mol. The van der Waals surface area contributed by atoms with Gasteiger partial charge in [0.25, 0.3) is 0 Å². The predicted octanol–water partition coefficient (Wildman–Crippen LogP) is -2.64. The van der Waals surface area contributed by atoms with Gasteiger partial charge in [0.15, 0.2) is 5.96 Å². The monoisotopic (exact) mass is 424 g/mol. The Morgan fingerprint density at radius 2 is 1.63 bits per heavy atom.